The molecule has 1 aromatic carbocycles. The molecule has 110 valence electrons. The fraction of sp³-hybridized carbons (Fsp3) is 0.467. The summed E-state index contributed by atoms with van der Waals surface area (Å²) in [5, 5.41) is 0. The maximum Gasteiger partial charge on any atom is 0.339 e. The van der Waals surface area contributed by atoms with E-state index in [1.165, 1.54) is 13.2 Å². The first-order valence-corrected chi connectivity index (χ1v) is 6.64. The molecule has 1 aromatic rings. The van der Waals surface area contributed by atoms with E-state index in [2.05, 4.69) is 0 Å². The van der Waals surface area contributed by atoms with Gasteiger partial charge in [-0.1, -0.05) is 6.92 Å². The monoisotopic (exact) mass is 280 g/mol. The lowest BCUT2D eigenvalue weighted by molar-refractivity contribution is 0.0502. The van der Waals surface area contributed by atoms with Gasteiger partial charge in [0.2, 0.25) is 0 Å². The highest BCUT2D eigenvalue weighted by Gasteiger charge is 2.24. The summed E-state index contributed by atoms with van der Waals surface area (Å²) >= 11 is 0. The van der Waals surface area contributed by atoms with Crippen molar-refractivity contribution in [1.82, 2.24) is 0 Å². The number of esters is 2. The standard InChI is InChI=1S/C15H20O5/c1-5-10-12(19-6-2)9-8-11(14(16)18-4)13(10)15(17)20-7-3/h8-9H,5-7H2,1-4H3. The zero-order valence-electron chi connectivity index (χ0n) is 12.3. The predicted molar refractivity (Wildman–Crippen MR) is 74.3 cm³/mol. The largest absolute Gasteiger partial charge is 0.494 e. The van der Waals surface area contributed by atoms with Gasteiger partial charge in [-0.15, -0.1) is 0 Å². The molecule has 0 fully saturated rings. The van der Waals surface area contributed by atoms with E-state index >= 15 is 0 Å². The number of ether oxygens (including phenoxy) is 3. The van der Waals surface area contributed by atoms with Crippen LogP contribution in [0.15, 0.2) is 12.1 Å². The Morgan fingerprint density at radius 2 is 1.75 bits per heavy atom. The Balaban J connectivity index is 3.46. The molecule has 0 radical (unpaired) electrons. The van der Waals surface area contributed by atoms with Crippen LogP contribution in [0.2, 0.25) is 0 Å². The van der Waals surface area contributed by atoms with Crippen LogP contribution >= 0.6 is 0 Å². The molecule has 0 spiro atoms. The van der Waals surface area contributed by atoms with Crippen LogP contribution in [0.3, 0.4) is 0 Å². The summed E-state index contributed by atoms with van der Waals surface area (Å²) in [4.78, 5) is 23.9. The van der Waals surface area contributed by atoms with Crippen molar-refractivity contribution in [1.29, 1.82) is 0 Å². The molecule has 0 N–H and O–H groups in total. The molecule has 5 heteroatoms. The Labute approximate surface area is 118 Å². The second kappa shape index (κ2) is 7.53. The average Bonchev–Trinajstić information content (AvgIpc) is 2.46. The molecule has 20 heavy (non-hydrogen) atoms. The Morgan fingerprint density at radius 3 is 2.25 bits per heavy atom. The van der Waals surface area contributed by atoms with Gasteiger partial charge in [-0.3, -0.25) is 0 Å². The second-order valence-electron chi connectivity index (χ2n) is 3.96. The highest BCUT2D eigenvalue weighted by molar-refractivity contribution is 6.04. The maximum atomic E-state index is 12.1. The van der Waals surface area contributed by atoms with Crippen LogP contribution in [0, 0.1) is 0 Å². The molecule has 0 aliphatic rings. The number of rotatable bonds is 6. The molecule has 0 heterocycles. The number of carbonyl (C=O) groups is 2. The van der Waals surface area contributed by atoms with Crippen molar-refractivity contribution in [2.45, 2.75) is 27.2 Å². The Hall–Kier alpha value is -2.04. The highest BCUT2D eigenvalue weighted by Crippen LogP contribution is 2.28. The second-order valence-corrected chi connectivity index (χ2v) is 3.96. The molecular weight excluding hydrogens is 260 g/mol. The van der Waals surface area contributed by atoms with Gasteiger partial charge < -0.3 is 14.2 Å². The van der Waals surface area contributed by atoms with E-state index in [1.54, 1.807) is 13.0 Å². The fourth-order valence-corrected chi connectivity index (χ4v) is 1.99. The molecule has 0 saturated heterocycles. The van der Waals surface area contributed by atoms with Crippen LogP contribution in [-0.2, 0) is 15.9 Å². The summed E-state index contributed by atoms with van der Waals surface area (Å²) < 4.78 is 15.3. The molecule has 0 unspecified atom stereocenters. The van der Waals surface area contributed by atoms with Gasteiger partial charge in [0.25, 0.3) is 0 Å². The Bertz CT molecular complexity index is 493. The molecule has 0 saturated carbocycles. The van der Waals surface area contributed by atoms with Gasteiger partial charge in [0.05, 0.1) is 31.5 Å². The lowest BCUT2D eigenvalue weighted by Crippen LogP contribution is -2.16. The SMILES string of the molecule is CCOC(=O)c1c(C(=O)OC)ccc(OCC)c1CC. The van der Waals surface area contributed by atoms with Gasteiger partial charge in [0.15, 0.2) is 0 Å². The molecule has 0 atom stereocenters. The first kappa shape index (κ1) is 16.0. The van der Waals surface area contributed by atoms with Gasteiger partial charge in [-0.05, 0) is 32.4 Å². The van der Waals surface area contributed by atoms with E-state index in [0.29, 0.717) is 24.3 Å². The van der Waals surface area contributed by atoms with E-state index < -0.39 is 11.9 Å². The lowest BCUT2D eigenvalue weighted by Gasteiger charge is -2.16. The molecule has 0 aliphatic carbocycles. The van der Waals surface area contributed by atoms with E-state index in [4.69, 9.17) is 14.2 Å². The molecule has 1 rings (SSSR count). The van der Waals surface area contributed by atoms with E-state index in [1.807, 2.05) is 13.8 Å². The number of carbonyl (C=O) groups excluding carboxylic acids is 2. The van der Waals surface area contributed by atoms with Crippen LogP contribution < -0.4 is 4.74 Å². The zero-order valence-corrected chi connectivity index (χ0v) is 12.3. The van der Waals surface area contributed by atoms with E-state index in [9.17, 15) is 9.59 Å². The topological polar surface area (TPSA) is 61.8 Å². The van der Waals surface area contributed by atoms with Crippen molar-refractivity contribution in [2.24, 2.45) is 0 Å². The van der Waals surface area contributed by atoms with Gasteiger partial charge >= 0.3 is 11.9 Å². The number of hydrogen-bond donors (Lipinski definition) is 0. The van der Waals surface area contributed by atoms with Crippen molar-refractivity contribution >= 4 is 11.9 Å². The third-order valence-electron chi connectivity index (χ3n) is 2.81. The van der Waals surface area contributed by atoms with Crippen molar-refractivity contribution in [3.8, 4) is 5.75 Å². The molecule has 0 aromatic heterocycles. The van der Waals surface area contributed by atoms with Crippen molar-refractivity contribution < 1.29 is 23.8 Å². The predicted octanol–water partition coefficient (Wildman–Crippen LogP) is 2.61. The van der Waals surface area contributed by atoms with Crippen LogP contribution in [0.25, 0.3) is 0 Å². The third-order valence-corrected chi connectivity index (χ3v) is 2.81. The summed E-state index contributed by atoms with van der Waals surface area (Å²) in [6.07, 6.45) is 0.550. The van der Waals surface area contributed by atoms with Gasteiger partial charge in [0, 0.05) is 5.56 Å². The van der Waals surface area contributed by atoms with Crippen molar-refractivity contribution in [3.63, 3.8) is 0 Å². The highest BCUT2D eigenvalue weighted by atomic mass is 16.5. The minimum absolute atomic E-state index is 0.200. The summed E-state index contributed by atoms with van der Waals surface area (Å²) in [7, 11) is 1.28. The molecule has 5 nitrogen and oxygen atoms in total. The number of methoxy groups -OCH3 is 1. The molecule has 0 aliphatic heterocycles. The minimum atomic E-state index is -0.564. The maximum absolute atomic E-state index is 12.1. The van der Waals surface area contributed by atoms with E-state index in [0.717, 1.165) is 0 Å². The zero-order chi connectivity index (χ0) is 15.1. The van der Waals surface area contributed by atoms with Crippen LogP contribution in [-0.4, -0.2) is 32.3 Å². The quantitative estimate of drug-likeness (QED) is 0.749. The molecule has 0 amide bonds. The van der Waals surface area contributed by atoms with E-state index in [-0.39, 0.29) is 17.7 Å². The van der Waals surface area contributed by atoms with Crippen molar-refractivity contribution in [3.05, 3.63) is 28.8 Å². The molecular formula is C15H20O5. The number of benzene rings is 1. The normalized spacial score (nSPS) is 10.0. The first-order chi connectivity index (χ1) is 9.60. The van der Waals surface area contributed by atoms with Crippen LogP contribution in [0.5, 0.6) is 5.75 Å². The first-order valence-electron chi connectivity index (χ1n) is 6.64. The van der Waals surface area contributed by atoms with Crippen LogP contribution in [0.1, 0.15) is 47.1 Å². The summed E-state index contributed by atoms with van der Waals surface area (Å²) in [5.41, 5.74) is 1.09. The minimum Gasteiger partial charge on any atom is -0.494 e. The third kappa shape index (κ3) is 3.29. The summed E-state index contributed by atoms with van der Waals surface area (Å²) in [6.45, 7) is 6.18. The summed E-state index contributed by atoms with van der Waals surface area (Å²) in [5.74, 6) is -0.511. The smallest absolute Gasteiger partial charge is 0.339 e. The number of hydrogen-bond acceptors (Lipinski definition) is 5. The summed E-state index contributed by atoms with van der Waals surface area (Å²) in [6, 6.07) is 3.21. The van der Waals surface area contributed by atoms with Gasteiger partial charge in [0.1, 0.15) is 5.75 Å². The van der Waals surface area contributed by atoms with Gasteiger partial charge in [-0.2, -0.15) is 0 Å². The Morgan fingerprint density at radius 1 is 1.05 bits per heavy atom. The fourth-order valence-electron chi connectivity index (χ4n) is 1.99. The molecule has 0 bridgehead atoms. The Kier molecular flexibility index (Phi) is 6.03. The lowest BCUT2D eigenvalue weighted by atomic mass is 9.98. The van der Waals surface area contributed by atoms with Gasteiger partial charge in [-0.25, -0.2) is 9.59 Å². The average molecular weight is 280 g/mol. The van der Waals surface area contributed by atoms with Crippen LogP contribution in [0.4, 0.5) is 0 Å². The van der Waals surface area contributed by atoms with Crippen molar-refractivity contribution in [2.75, 3.05) is 20.3 Å².